The number of fused-ring (bicyclic) bond motifs is 1. The number of rotatable bonds is 5. The van der Waals surface area contributed by atoms with Crippen molar-refractivity contribution in [1.29, 1.82) is 0 Å². The van der Waals surface area contributed by atoms with Crippen LogP contribution < -0.4 is 10.1 Å². The fourth-order valence-electron chi connectivity index (χ4n) is 3.74. The number of pyridine rings is 1. The number of ether oxygens (including phenoxy) is 1. The highest BCUT2D eigenvalue weighted by Crippen LogP contribution is 2.37. The molecular weight excluding hydrogens is 453 g/mol. The first-order valence-corrected chi connectivity index (χ1v) is 11.1. The molecule has 2 aromatic carbocycles. The lowest BCUT2D eigenvalue weighted by atomic mass is 9.95. The van der Waals surface area contributed by atoms with Gasteiger partial charge in [0.1, 0.15) is 11.6 Å². The van der Waals surface area contributed by atoms with E-state index in [-0.39, 0.29) is 11.7 Å². The smallest absolute Gasteiger partial charge is 0.406 e. The maximum atomic E-state index is 12.8. The van der Waals surface area contributed by atoms with Gasteiger partial charge in [-0.15, -0.1) is 13.2 Å². The summed E-state index contributed by atoms with van der Waals surface area (Å²) >= 11 is 0. The minimum absolute atomic E-state index is 0.0539. The second-order valence-corrected chi connectivity index (χ2v) is 8.75. The van der Waals surface area contributed by atoms with Crippen LogP contribution in [0, 0.1) is 0 Å². The third kappa shape index (κ3) is 4.47. The largest absolute Gasteiger partial charge is 0.573 e. The van der Waals surface area contributed by atoms with E-state index in [4.69, 9.17) is 0 Å². The molecule has 4 aromatic rings. The summed E-state index contributed by atoms with van der Waals surface area (Å²) in [5.41, 5.74) is 3.30. The summed E-state index contributed by atoms with van der Waals surface area (Å²) in [6, 6.07) is 16.7. The van der Waals surface area contributed by atoms with Gasteiger partial charge in [0.15, 0.2) is 11.0 Å². The number of halogens is 3. The molecule has 0 bridgehead atoms. The standard InChI is InChI=1S/C23H17F3N4O2S/c24-23(25,26)32-18-8-6-15(7-9-18)16-10-20-21(13-28-22(20)27-11-16)17-12-29-30(14-17)33(31)19-4-2-1-3-5-19/h1-12,14,21H,13H2,(H,27,28). The number of hydrogen-bond donors (Lipinski definition) is 1. The zero-order chi connectivity index (χ0) is 23.0. The van der Waals surface area contributed by atoms with Crippen LogP contribution in [0.5, 0.6) is 5.75 Å². The third-order valence-electron chi connectivity index (χ3n) is 5.28. The van der Waals surface area contributed by atoms with Crippen molar-refractivity contribution in [2.45, 2.75) is 17.2 Å². The van der Waals surface area contributed by atoms with E-state index in [0.717, 1.165) is 22.5 Å². The molecule has 2 atom stereocenters. The maximum absolute atomic E-state index is 12.8. The molecule has 5 rings (SSSR count). The van der Waals surface area contributed by atoms with Gasteiger partial charge >= 0.3 is 6.36 Å². The average molecular weight is 470 g/mol. The molecule has 2 unspecified atom stereocenters. The van der Waals surface area contributed by atoms with Crippen molar-refractivity contribution in [3.63, 3.8) is 0 Å². The molecule has 6 nitrogen and oxygen atoms in total. The van der Waals surface area contributed by atoms with Gasteiger partial charge in [0.2, 0.25) is 0 Å². The van der Waals surface area contributed by atoms with Crippen molar-refractivity contribution in [2.75, 3.05) is 11.9 Å². The van der Waals surface area contributed by atoms with Crippen molar-refractivity contribution in [3.8, 4) is 16.9 Å². The SMILES string of the molecule is O=S(c1ccccc1)n1cc(C2CNc3ncc(-c4ccc(OC(F)(F)F)cc4)cc32)cn1. The lowest BCUT2D eigenvalue weighted by Gasteiger charge is -2.11. The van der Waals surface area contributed by atoms with Gasteiger partial charge in [0.25, 0.3) is 0 Å². The Morgan fingerprint density at radius 3 is 2.52 bits per heavy atom. The Labute approximate surface area is 189 Å². The maximum Gasteiger partial charge on any atom is 0.573 e. The quantitative estimate of drug-likeness (QED) is 0.446. The van der Waals surface area contributed by atoms with E-state index in [0.29, 0.717) is 17.0 Å². The van der Waals surface area contributed by atoms with E-state index in [1.165, 1.54) is 16.2 Å². The Morgan fingerprint density at radius 1 is 1.03 bits per heavy atom. The van der Waals surface area contributed by atoms with Gasteiger partial charge in [0, 0.05) is 41.5 Å². The van der Waals surface area contributed by atoms with Crippen LogP contribution in [0.4, 0.5) is 19.0 Å². The minimum Gasteiger partial charge on any atom is -0.406 e. The van der Waals surface area contributed by atoms with E-state index < -0.39 is 17.3 Å². The number of benzene rings is 2. The molecular formula is C23H17F3N4O2S. The normalized spacial score (nSPS) is 16.2. The molecule has 1 aliphatic rings. The fourth-order valence-corrected chi connectivity index (χ4v) is 4.70. The van der Waals surface area contributed by atoms with Gasteiger partial charge in [-0.25, -0.2) is 9.19 Å². The Kier molecular flexibility index (Phi) is 5.37. The summed E-state index contributed by atoms with van der Waals surface area (Å²) in [5, 5.41) is 7.56. The molecule has 0 saturated carbocycles. The predicted octanol–water partition coefficient (Wildman–Crippen LogP) is 4.97. The number of alkyl halides is 3. The number of anilines is 1. The van der Waals surface area contributed by atoms with Crippen molar-refractivity contribution < 1.29 is 22.1 Å². The molecule has 10 heteroatoms. The second kappa shape index (κ2) is 8.36. The summed E-state index contributed by atoms with van der Waals surface area (Å²) in [5.74, 6) is 0.401. The van der Waals surface area contributed by atoms with E-state index in [2.05, 4.69) is 20.1 Å². The van der Waals surface area contributed by atoms with Gasteiger partial charge in [-0.2, -0.15) is 9.19 Å². The number of aromatic nitrogens is 3. The number of nitrogens with zero attached hydrogens (tertiary/aromatic N) is 3. The molecule has 0 spiro atoms. The molecule has 0 amide bonds. The van der Waals surface area contributed by atoms with E-state index >= 15 is 0 Å². The van der Waals surface area contributed by atoms with E-state index in [1.54, 1.807) is 42.9 Å². The van der Waals surface area contributed by atoms with Gasteiger partial charge in [0.05, 0.1) is 11.1 Å². The fraction of sp³-hybridized carbons (Fsp3) is 0.130. The second-order valence-electron chi connectivity index (χ2n) is 7.41. The Balaban J connectivity index is 1.40. The highest BCUT2D eigenvalue weighted by atomic mass is 32.2. The first-order chi connectivity index (χ1) is 15.9. The van der Waals surface area contributed by atoms with Crippen LogP contribution in [0.2, 0.25) is 0 Å². The molecule has 0 radical (unpaired) electrons. The highest BCUT2D eigenvalue weighted by Gasteiger charge is 2.31. The van der Waals surface area contributed by atoms with Gasteiger partial charge in [-0.1, -0.05) is 30.3 Å². The Morgan fingerprint density at radius 2 is 1.79 bits per heavy atom. The summed E-state index contributed by atoms with van der Waals surface area (Å²) in [4.78, 5) is 5.12. The van der Waals surface area contributed by atoms with Crippen LogP contribution in [-0.4, -0.2) is 31.3 Å². The zero-order valence-corrected chi connectivity index (χ0v) is 17.8. The summed E-state index contributed by atoms with van der Waals surface area (Å²) in [7, 11) is -1.45. The lowest BCUT2D eigenvalue weighted by Crippen LogP contribution is -2.16. The lowest BCUT2D eigenvalue weighted by molar-refractivity contribution is -0.274. The van der Waals surface area contributed by atoms with Crippen molar-refractivity contribution in [1.82, 2.24) is 14.2 Å². The first kappa shape index (κ1) is 21.2. The van der Waals surface area contributed by atoms with E-state index in [1.807, 2.05) is 24.3 Å². The van der Waals surface area contributed by atoms with Crippen molar-refractivity contribution in [2.24, 2.45) is 0 Å². The molecule has 3 heterocycles. The molecule has 0 fully saturated rings. The molecule has 1 N–H and O–H groups in total. The van der Waals surface area contributed by atoms with Crippen molar-refractivity contribution in [3.05, 3.63) is 90.4 Å². The van der Waals surface area contributed by atoms with Crippen molar-refractivity contribution >= 4 is 16.8 Å². The van der Waals surface area contributed by atoms with Gasteiger partial charge in [-0.05, 0) is 35.9 Å². The Bertz CT molecular complexity index is 1310. The van der Waals surface area contributed by atoms with Gasteiger partial charge in [-0.3, -0.25) is 0 Å². The summed E-state index contributed by atoms with van der Waals surface area (Å²) < 4.78 is 55.3. The average Bonchev–Trinajstić information content (AvgIpc) is 3.45. The summed E-state index contributed by atoms with van der Waals surface area (Å²) in [6.07, 6.45) is 0.393. The molecule has 0 saturated heterocycles. The van der Waals surface area contributed by atoms with Crippen LogP contribution in [0.25, 0.3) is 11.1 Å². The Hall–Kier alpha value is -3.66. The van der Waals surface area contributed by atoms with Crippen LogP contribution >= 0.6 is 0 Å². The molecule has 168 valence electrons. The zero-order valence-electron chi connectivity index (χ0n) is 17.0. The summed E-state index contributed by atoms with van der Waals surface area (Å²) in [6.45, 7) is 0.605. The topological polar surface area (TPSA) is 69.0 Å². The third-order valence-corrected chi connectivity index (χ3v) is 6.50. The molecule has 1 aliphatic heterocycles. The van der Waals surface area contributed by atoms with Gasteiger partial charge < -0.3 is 10.1 Å². The molecule has 0 aliphatic carbocycles. The van der Waals surface area contributed by atoms with E-state index in [9.17, 15) is 17.4 Å². The van der Waals surface area contributed by atoms with Crippen LogP contribution in [-0.2, 0) is 11.0 Å². The number of nitrogens with one attached hydrogen (secondary N) is 1. The minimum atomic E-state index is -4.73. The molecule has 33 heavy (non-hydrogen) atoms. The number of hydrogen-bond acceptors (Lipinski definition) is 5. The first-order valence-electron chi connectivity index (χ1n) is 9.99. The highest BCUT2D eigenvalue weighted by molar-refractivity contribution is 7.83. The van der Waals surface area contributed by atoms with Crippen LogP contribution in [0.15, 0.2) is 84.1 Å². The monoisotopic (exact) mass is 470 g/mol. The van der Waals surface area contributed by atoms with Crippen LogP contribution in [0.1, 0.15) is 17.0 Å². The van der Waals surface area contributed by atoms with Crippen LogP contribution in [0.3, 0.4) is 0 Å². The predicted molar refractivity (Wildman–Crippen MR) is 117 cm³/mol. The molecule has 2 aromatic heterocycles.